The highest BCUT2D eigenvalue weighted by molar-refractivity contribution is 5.93. The Morgan fingerprint density at radius 1 is 1.39 bits per heavy atom. The first kappa shape index (κ1) is 12.7. The van der Waals surface area contributed by atoms with Crippen molar-refractivity contribution in [2.45, 2.75) is 32.1 Å². The minimum Gasteiger partial charge on any atom is -0.331 e. The van der Waals surface area contributed by atoms with Crippen molar-refractivity contribution < 1.29 is 4.79 Å². The van der Waals surface area contributed by atoms with E-state index in [1.165, 1.54) is 5.56 Å². The number of amides is 1. The number of nitrogens with zero attached hydrogens (tertiary/aromatic N) is 1. The molecule has 1 aliphatic rings. The predicted molar refractivity (Wildman–Crippen MR) is 73.1 cm³/mol. The number of benzene rings is 1. The van der Waals surface area contributed by atoms with E-state index in [2.05, 4.69) is 36.1 Å². The molecule has 1 aromatic rings. The first-order valence-electron chi connectivity index (χ1n) is 6.64. The number of hydrogen-bond donors (Lipinski definition) is 0. The minimum absolute atomic E-state index is 0.0162. The van der Waals surface area contributed by atoms with Gasteiger partial charge in [-0.3, -0.25) is 4.79 Å². The maximum Gasteiger partial charge on any atom is 0.298 e. The second-order valence-corrected chi connectivity index (χ2v) is 4.66. The Kier molecular flexibility index (Phi) is 4.41. The van der Waals surface area contributed by atoms with Gasteiger partial charge in [0.1, 0.15) is 0 Å². The highest BCUT2D eigenvalue weighted by Crippen LogP contribution is 2.26. The van der Waals surface area contributed by atoms with Crippen LogP contribution in [0.25, 0.3) is 0 Å². The maximum atomic E-state index is 11.9. The molecule has 0 spiro atoms. The molecule has 1 heterocycles. The fourth-order valence-corrected chi connectivity index (χ4v) is 2.40. The van der Waals surface area contributed by atoms with E-state index in [1.54, 1.807) is 0 Å². The third-order valence-corrected chi connectivity index (χ3v) is 3.35. The van der Waals surface area contributed by atoms with Crippen molar-refractivity contribution in [1.29, 1.82) is 0 Å². The van der Waals surface area contributed by atoms with Crippen molar-refractivity contribution >= 4 is 5.91 Å². The molecule has 1 aromatic carbocycles. The SMILES string of the molecule is CCC#CC(=O)N1CCCC(c2ccccc2)C1. The third kappa shape index (κ3) is 3.13. The Hall–Kier alpha value is -1.75. The molecule has 2 nitrogen and oxygen atoms in total. The Morgan fingerprint density at radius 2 is 2.17 bits per heavy atom. The molecule has 0 aliphatic carbocycles. The summed E-state index contributed by atoms with van der Waals surface area (Å²) in [6.45, 7) is 3.62. The normalized spacial score (nSPS) is 18.9. The summed E-state index contributed by atoms with van der Waals surface area (Å²) < 4.78 is 0. The van der Waals surface area contributed by atoms with Gasteiger partial charge in [-0.1, -0.05) is 43.2 Å². The van der Waals surface area contributed by atoms with Crippen LogP contribution in [-0.4, -0.2) is 23.9 Å². The van der Waals surface area contributed by atoms with Gasteiger partial charge >= 0.3 is 0 Å². The molecular weight excluding hydrogens is 222 g/mol. The summed E-state index contributed by atoms with van der Waals surface area (Å²) in [5.41, 5.74) is 1.33. The number of likely N-dealkylation sites (tertiary alicyclic amines) is 1. The monoisotopic (exact) mass is 241 g/mol. The molecule has 1 fully saturated rings. The van der Waals surface area contributed by atoms with Crippen LogP contribution in [0.1, 0.15) is 37.7 Å². The van der Waals surface area contributed by atoms with Crippen LogP contribution < -0.4 is 0 Å². The lowest BCUT2D eigenvalue weighted by atomic mass is 9.91. The van der Waals surface area contributed by atoms with Gasteiger partial charge in [0, 0.05) is 25.4 Å². The van der Waals surface area contributed by atoms with Crippen LogP contribution in [0.4, 0.5) is 0 Å². The quantitative estimate of drug-likeness (QED) is 0.692. The van der Waals surface area contributed by atoms with Crippen molar-refractivity contribution in [1.82, 2.24) is 4.90 Å². The van der Waals surface area contributed by atoms with E-state index in [0.717, 1.165) is 32.4 Å². The van der Waals surface area contributed by atoms with E-state index >= 15 is 0 Å². The van der Waals surface area contributed by atoms with Crippen molar-refractivity contribution in [3.8, 4) is 11.8 Å². The number of carbonyl (C=O) groups is 1. The molecule has 1 amide bonds. The van der Waals surface area contributed by atoms with Crippen molar-refractivity contribution in [3.05, 3.63) is 35.9 Å². The van der Waals surface area contributed by atoms with Gasteiger partial charge in [-0.15, -0.1) is 0 Å². The average molecular weight is 241 g/mol. The number of carbonyl (C=O) groups excluding carboxylic acids is 1. The van der Waals surface area contributed by atoms with Crippen molar-refractivity contribution in [3.63, 3.8) is 0 Å². The lowest BCUT2D eigenvalue weighted by Gasteiger charge is -2.31. The number of rotatable bonds is 1. The van der Waals surface area contributed by atoms with Crippen LogP contribution in [-0.2, 0) is 4.79 Å². The number of piperidine rings is 1. The molecule has 2 rings (SSSR count). The van der Waals surface area contributed by atoms with Gasteiger partial charge < -0.3 is 4.90 Å². The van der Waals surface area contributed by atoms with E-state index in [-0.39, 0.29) is 5.91 Å². The van der Waals surface area contributed by atoms with Gasteiger partial charge in [0.15, 0.2) is 0 Å². The van der Waals surface area contributed by atoms with Crippen LogP contribution in [0.15, 0.2) is 30.3 Å². The first-order chi connectivity index (χ1) is 8.81. The van der Waals surface area contributed by atoms with Crippen LogP contribution >= 0.6 is 0 Å². The van der Waals surface area contributed by atoms with Gasteiger partial charge in [0.05, 0.1) is 0 Å². The maximum absolute atomic E-state index is 11.9. The molecule has 0 saturated carbocycles. The second-order valence-electron chi connectivity index (χ2n) is 4.66. The zero-order valence-corrected chi connectivity index (χ0v) is 10.9. The van der Waals surface area contributed by atoms with Crippen molar-refractivity contribution in [2.24, 2.45) is 0 Å². The fourth-order valence-electron chi connectivity index (χ4n) is 2.40. The van der Waals surface area contributed by atoms with Gasteiger partial charge in [-0.25, -0.2) is 0 Å². The highest BCUT2D eigenvalue weighted by Gasteiger charge is 2.23. The summed E-state index contributed by atoms with van der Waals surface area (Å²) in [5, 5.41) is 0. The molecule has 0 N–H and O–H groups in total. The molecule has 1 unspecified atom stereocenters. The zero-order valence-electron chi connectivity index (χ0n) is 10.9. The highest BCUT2D eigenvalue weighted by atomic mass is 16.2. The van der Waals surface area contributed by atoms with Gasteiger partial charge in [-0.2, -0.15) is 0 Å². The summed E-state index contributed by atoms with van der Waals surface area (Å²) in [4.78, 5) is 13.8. The molecule has 18 heavy (non-hydrogen) atoms. The molecule has 2 heteroatoms. The standard InChI is InChI=1S/C16H19NO/c1-2-3-11-16(18)17-12-7-10-15(13-17)14-8-5-4-6-9-14/h4-6,8-9,15H,2,7,10,12-13H2,1H3. The topological polar surface area (TPSA) is 20.3 Å². The Bertz CT molecular complexity index is 455. The van der Waals surface area contributed by atoms with Crippen LogP contribution in [0.5, 0.6) is 0 Å². The van der Waals surface area contributed by atoms with Crippen LogP contribution in [0, 0.1) is 11.8 Å². The van der Waals surface area contributed by atoms with Gasteiger partial charge in [-0.05, 0) is 24.3 Å². The molecule has 0 bridgehead atoms. The summed E-state index contributed by atoms with van der Waals surface area (Å²) in [5.74, 6) is 6.02. The molecule has 1 saturated heterocycles. The molecule has 1 atom stereocenters. The molecule has 0 radical (unpaired) electrons. The van der Waals surface area contributed by atoms with E-state index in [9.17, 15) is 4.79 Å². The van der Waals surface area contributed by atoms with Gasteiger partial charge in [0.2, 0.25) is 0 Å². The van der Waals surface area contributed by atoms with Crippen LogP contribution in [0.3, 0.4) is 0 Å². The second kappa shape index (κ2) is 6.26. The lowest BCUT2D eigenvalue weighted by molar-refractivity contribution is -0.126. The smallest absolute Gasteiger partial charge is 0.298 e. The molecule has 94 valence electrons. The largest absolute Gasteiger partial charge is 0.331 e. The Labute approximate surface area is 109 Å². The fraction of sp³-hybridized carbons (Fsp3) is 0.438. The van der Waals surface area contributed by atoms with Crippen LogP contribution in [0.2, 0.25) is 0 Å². The summed E-state index contributed by atoms with van der Waals surface area (Å²) >= 11 is 0. The first-order valence-corrected chi connectivity index (χ1v) is 6.64. The zero-order chi connectivity index (χ0) is 12.8. The van der Waals surface area contributed by atoms with Gasteiger partial charge in [0.25, 0.3) is 5.91 Å². The third-order valence-electron chi connectivity index (χ3n) is 3.35. The van der Waals surface area contributed by atoms with Crippen molar-refractivity contribution in [2.75, 3.05) is 13.1 Å². The minimum atomic E-state index is -0.0162. The number of hydrogen-bond acceptors (Lipinski definition) is 1. The van der Waals surface area contributed by atoms with E-state index in [4.69, 9.17) is 0 Å². The summed E-state index contributed by atoms with van der Waals surface area (Å²) in [7, 11) is 0. The molecule has 0 aromatic heterocycles. The van der Waals surface area contributed by atoms with E-state index in [0.29, 0.717) is 5.92 Å². The predicted octanol–water partition coefficient (Wildman–Crippen LogP) is 2.81. The summed E-state index contributed by atoms with van der Waals surface area (Å²) in [6.07, 6.45) is 2.97. The van der Waals surface area contributed by atoms with E-state index in [1.807, 2.05) is 17.9 Å². The molecular formula is C16H19NO. The van der Waals surface area contributed by atoms with E-state index < -0.39 is 0 Å². The summed E-state index contributed by atoms with van der Waals surface area (Å²) in [6, 6.07) is 10.5. The average Bonchev–Trinajstić information content (AvgIpc) is 2.46. The Balaban J connectivity index is 2.03. The Morgan fingerprint density at radius 3 is 2.89 bits per heavy atom. The lowest BCUT2D eigenvalue weighted by Crippen LogP contribution is -2.38. The molecule has 1 aliphatic heterocycles.